The number of esters is 1. The molecular weight excluding hydrogens is 316 g/mol. The summed E-state index contributed by atoms with van der Waals surface area (Å²) in [6.45, 7) is 1.99. The first-order valence-electron chi connectivity index (χ1n) is 8.01. The van der Waals surface area contributed by atoms with Crippen LogP contribution in [0.3, 0.4) is 0 Å². The van der Waals surface area contributed by atoms with Gasteiger partial charge in [0.25, 0.3) is 0 Å². The fourth-order valence-electron chi connectivity index (χ4n) is 2.46. The van der Waals surface area contributed by atoms with Gasteiger partial charge in [-0.15, -0.1) is 0 Å². The summed E-state index contributed by atoms with van der Waals surface area (Å²) >= 11 is 0. The van der Waals surface area contributed by atoms with Crippen LogP contribution in [0.1, 0.15) is 27.9 Å². The van der Waals surface area contributed by atoms with Gasteiger partial charge < -0.3 is 9.47 Å². The van der Waals surface area contributed by atoms with Gasteiger partial charge in [-0.1, -0.05) is 60.2 Å². The summed E-state index contributed by atoms with van der Waals surface area (Å²) in [6, 6.07) is 16.9. The number of allylic oxidation sites excluding steroid dienone is 1. The van der Waals surface area contributed by atoms with Crippen LogP contribution in [0.5, 0.6) is 0 Å². The van der Waals surface area contributed by atoms with Crippen molar-refractivity contribution in [3.05, 3.63) is 77.4 Å². The van der Waals surface area contributed by atoms with Crippen molar-refractivity contribution >= 4 is 17.3 Å². The van der Waals surface area contributed by atoms with E-state index in [1.165, 1.54) is 14.2 Å². The molecule has 25 heavy (non-hydrogen) atoms. The van der Waals surface area contributed by atoms with E-state index in [2.05, 4.69) is 0 Å². The number of hydrogen-bond acceptors (Lipinski definition) is 4. The number of carbonyl (C=O) groups is 2. The van der Waals surface area contributed by atoms with E-state index >= 15 is 0 Å². The normalized spacial score (nSPS) is 12.5. The Bertz CT molecular complexity index is 745. The predicted octanol–water partition coefficient (Wildman–Crippen LogP) is 3.84. The van der Waals surface area contributed by atoms with E-state index in [0.717, 1.165) is 16.7 Å². The first kappa shape index (κ1) is 18.6. The van der Waals surface area contributed by atoms with Gasteiger partial charge >= 0.3 is 5.97 Å². The number of Topliss-reactive ketones (excluding diaryl/α,β-unsaturated/α-hetero) is 1. The highest BCUT2D eigenvalue weighted by molar-refractivity contribution is 6.02. The largest absolute Gasteiger partial charge is 0.467 e. The lowest BCUT2D eigenvalue weighted by atomic mass is 9.95. The van der Waals surface area contributed by atoms with Crippen molar-refractivity contribution in [1.82, 2.24) is 0 Å². The number of aryl methyl sites for hydroxylation is 1. The van der Waals surface area contributed by atoms with Gasteiger partial charge in [0.15, 0.2) is 11.9 Å². The fraction of sp³-hybridized carbons (Fsp3) is 0.238. The molecule has 0 radical (unpaired) electrons. The van der Waals surface area contributed by atoms with E-state index in [4.69, 9.17) is 9.47 Å². The highest BCUT2D eigenvalue weighted by Gasteiger charge is 2.19. The Hall–Kier alpha value is -2.72. The molecule has 1 atom stereocenters. The van der Waals surface area contributed by atoms with Gasteiger partial charge in [0.1, 0.15) is 0 Å². The summed E-state index contributed by atoms with van der Waals surface area (Å²) in [5.41, 5.74) is 3.35. The Labute approximate surface area is 148 Å². The minimum atomic E-state index is -0.857. The minimum Gasteiger partial charge on any atom is -0.467 e. The zero-order valence-corrected chi connectivity index (χ0v) is 14.7. The highest BCUT2D eigenvalue weighted by atomic mass is 16.6. The molecule has 0 heterocycles. The SMILES string of the molecule is COC(=O)C(/C=C(/CC(=O)c1ccccc1)c1ccc(C)cc1)OC. The second kappa shape index (κ2) is 8.94. The van der Waals surface area contributed by atoms with Crippen LogP contribution in [0.4, 0.5) is 0 Å². The van der Waals surface area contributed by atoms with Crippen molar-refractivity contribution in [1.29, 1.82) is 0 Å². The van der Waals surface area contributed by atoms with Gasteiger partial charge in [-0.2, -0.15) is 0 Å². The number of carbonyl (C=O) groups excluding carboxylic acids is 2. The smallest absolute Gasteiger partial charge is 0.339 e. The molecule has 4 heteroatoms. The third-order valence-corrected chi connectivity index (χ3v) is 3.91. The molecule has 0 aliphatic carbocycles. The lowest BCUT2D eigenvalue weighted by molar-refractivity contribution is -0.149. The monoisotopic (exact) mass is 338 g/mol. The lowest BCUT2D eigenvalue weighted by Crippen LogP contribution is -2.22. The van der Waals surface area contributed by atoms with Crippen molar-refractivity contribution in [2.45, 2.75) is 19.4 Å². The van der Waals surface area contributed by atoms with Gasteiger partial charge in [0, 0.05) is 19.1 Å². The van der Waals surface area contributed by atoms with Gasteiger partial charge in [-0.3, -0.25) is 4.79 Å². The maximum atomic E-state index is 12.6. The molecule has 0 amide bonds. The van der Waals surface area contributed by atoms with Crippen LogP contribution >= 0.6 is 0 Å². The first-order chi connectivity index (χ1) is 12.0. The van der Waals surface area contributed by atoms with Gasteiger partial charge in [-0.05, 0) is 24.1 Å². The maximum absolute atomic E-state index is 12.6. The van der Waals surface area contributed by atoms with Crippen LogP contribution < -0.4 is 0 Å². The number of benzene rings is 2. The molecule has 0 bridgehead atoms. The van der Waals surface area contributed by atoms with Crippen molar-refractivity contribution in [2.75, 3.05) is 14.2 Å². The number of hydrogen-bond donors (Lipinski definition) is 0. The molecule has 4 nitrogen and oxygen atoms in total. The van der Waals surface area contributed by atoms with Crippen LogP contribution in [-0.2, 0) is 14.3 Å². The average molecular weight is 338 g/mol. The molecular formula is C21H22O4. The van der Waals surface area contributed by atoms with Gasteiger partial charge in [-0.25, -0.2) is 4.79 Å². The third-order valence-electron chi connectivity index (χ3n) is 3.91. The van der Waals surface area contributed by atoms with Crippen LogP contribution in [-0.4, -0.2) is 32.1 Å². The topological polar surface area (TPSA) is 52.6 Å². The van der Waals surface area contributed by atoms with Crippen molar-refractivity contribution in [2.24, 2.45) is 0 Å². The van der Waals surface area contributed by atoms with Crippen molar-refractivity contribution in [3.8, 4) is 0 Å². The van der Waals surface area contributed by atoms with E-state index in [1.807, 2.05) is 49.4 Å². The maximum Gasteiger partial charge on any atom is 0.339 e. The highest BCUT2D eigenvalue weighted by Crippen LogP contribution is 2.23. The molecule has 0 spiro atoms. The van der Waals surface area contributed by atoms with Crippen molar-refractivity contribution < 1.29 is 19.1 Å². The van der Waals surface area contributed by atoms with Gasteiger partial charge in [0.2, 0.25) is 0 Å². The van der Waals surface area contributed by atoms with E-state index in [-0.39, 0.29) is 12.2 Å². The molecule has 130 valence electrons. The van der Waals surface area contributed by atoms with Crippen LogP contribution in [0, 0.1) is 6.92 Å². The number of ether oxygens (including phenoxy) is 2. The molecule has 0 saturated carbocycles. The second-order valence-electron chi connectivity index (χ2n) is 5.70. The summed E-state index contributed by atoms with van der Waals surface area (Å²) < 4.78 is 9.96. The fourth-order valence-corrected chi connectivity index (χ4v) is 2.46. The summed E-state index contributed by atoms with van der Waals surface area (Å²) in [5.74, 6) is -0.522. The number of rotatable bonds is 7. The lowest BCUT2D eigenvalue weighted by Gasteiger charge is -2.13. The Morgan fingerprint density at radius 2 is 1.60 bits per heavy atom. The average Bonchev–Trinajstić information content (AvgIpc) is 2.65. The van der Waals surface area contributed by atoms with E-state index in [9.17, 15) is 9.59 Å². The summed E-state index contributed by atoms with van der Waals surface area (Å²) in [6.07, 6.45) is 0.964. The quantitative estimate of drug-likeness (QED) is 0.568. The molecule has 0 fully saturated rings. The third kappa shape index (κ3) is 5.13. The molecule has 2 aromatic rings. The summed E-state index contributed by atoms with van der Waals surface area (Å²) in [4.78, 5) is 24.4. The van der Waals surface area contributed by atoms with Crippen LogP contribution in [0.25, 0.3) is 5.57 Å². The molecule has 0 saturated heterocycles. The minimum absolute atomic E-state index is 0.0212. The molecule has 2 aromatic carbocycles. The van der Waals surface area contributed by atoms with Crippen LogP contribution in [0.15, 0.2) is 60.7 Å². The zero-order chi connectivity index (χ0) is 18.2. The molecule has 1 unspecified atom stereocenters. The molecule has 0 aliphatic rings. The zero-order valence-electron chi connectivity index (χ0n) is 14.7. The molecule has 0 aromatic heterocycles. The number of ketones is 1. The Balaban J connectivity index is 2.36. The molecule has 0 N–H and O–H groups in total. The van der Waals surface area contributed by atoms with Crippen molar-refractivity contribution in [3.63, 3.8) is 0 Å². The van der Waals surface area contributed by atoms with Gasteiger partial charge in [0.05, 0.1) is 7.11 Å². The van der Waals surface area contributed by atoms with E-state index < -0.39 is 12.1 Å². The van der Waals surface area contributed by atoms with E-state index in [0.29, 0.717) is 5.56 Å². The summed E-state index contributed by atoms with van der Waals surface area (Å²) in [5, 5.41) is 0. The Morgan fingerprint density at radius 1 is 0.960 bits per heavy atom. The molecule has 2 rings (SSSR count). The standard InChI is InChI=1S/C21H22O4/c1-15-9-11-16(12-10-15)18(14-20(24-2)21(23)25-3)13-19(22)17-7-5-4-6-8-17/h4-12,14,20H,13H2,1-3H3/b18-14-. The Morgan fingerprint density at radius 3 is 2.16 bits per heavy atom. The van der Waals surface area contributed by atoms with E-state index in [1.54, 1.807) is 18.2 Å². The summed E-state index contributed by atoms with van der Waals surface area (Å²) in [7, 11) is 2.74. The second-order valence-corrected chi connectivity index (χ2v) is 5.70. The molecule has 0 aliphatic heterocycles. The van der Waals surface area contributed by atoms with Crippen LogP contribution in [0.2, 0.25) is 0 Å². The predicted molar refractivity (Wildman–Crippen MR) is 97.4 cm³/mol. The number of methoxy groups -OCH3 is 2. The first-order valence-corrected chi connectivity index (χ1v) is 8.01. The Kier molecular flexibility index (Phi) is 6.66.